The lowest BCUT2D eigenvalue weighted by atomic mass is 10.2. The van der Waals surface area contributed by atoms with Gasteiger partial charge in [-0.3, -0.25) is 9.69 Å². The first-order valence-electron chi connectivity index (χ1n) is 9.68. The van der Waals surface area contributed by atoms with Gasteiger partial charge in [0.2, 0.25) is 0 Å². The molecule has 1 aliphatic heterocycles. The summed E-state index contributed by atoms with van der Waals surface area (Å²) in [7, 11) is 0. The van der Waals surface area contributed by atoms with E-state index < -0.39 is 6.10 Å². The number of carbonyl (C=O) groups is 1. The number of aryl methyl sites for hydroxylation is 1. The van der Waals surface area contributed by atoms with Gasteiger partial charge in [0.25, 0.3) is 5.91 Å². The van der Waals surface area contributed by atoms with Crippen molar-refractivity contribution in [1.82, 2.24) is 9.80 Å². The smallest absolute Gasteiger partial charge is 0.263 e. The van der Waals surface area contributed by atoms with Gasteiger partial charge in [0.05, 0.1) is 0 Å². The highest BCUT2D eigenvalue weighted by molar-refractivity contribution is 6.30. The van der Waals surface area contributed by atoms with Gasteiger partial charge < -0.3 is 9.64 Å². The molecule has 4 nitrogen and oxygen atoms in total. The summed E-state index contributed by atoms with van der Waals surface area (Å²) in [6, 6.07) is 15.7. The van der Waals surface area contributed by atoms with Crippen LogP contribution in [0.15, 0.2) is 54.6 Å². The largest absolute Gasteiger partial charge is 0.481 e. The van der Waals surface area contributed by atoms with Crippen molar-refractivity contribution in [2.75, 3.05) is 32.7 Å². The molecule has 0 saturated carbocycles. The summed E-state index contributed by atoms with van der Waals surface area (Å²) in [4.78, 5) is 17.0. The molecule has 2 aromatic carbocycles. The highest BCUT2D eigenvalue weighted by atomic mass is 35.5. The van der Waals surface area contributed by atoms with Crippen LogP contribution in [0.25, 0.3) is 6.08 Å². The molecule has 1 heterocycles. The highest BCUT2D eigenvalue weighted by Crippen LogP contribution is 2.23. The van der Waals surface area contributed by atoms with E-state index in [1.54, 1.807) is 6.07 Å². The molecular formula is C23H27ClN2O2. The third-order valence-corrected chi connectivity index (χ3v) is 5.18. The van der Waals surface area contributed by atoms with Crippen LogP contribution in [0.2, 0.25) is 5.02 Å². The Kier molecular flexibility index (Phi) is 7.12. The van der Waals surface area contributed by atoms with Crippen LogP contribution in [-0.2, 0) is 4.79 Å². The fourth-order valence-electron chi connectivity index (χ4n) is 3.30. The maximum Gasteiger partial charge on any atom is 0.263 e. The van der Waals surface area contributed by atoms with E-state index in [0.29, 0.717) is 10.8 Å². The molecule has 1 saturated heterocycles. The van der Waals surface area contributed by atoms with E-state index in [4.69, 9.17) is 16.3 Å². The molecule has 0 bridgehead atoms. The van der Waals surface area contributed by atoms with Crippen LogP contribution in [-0.4, -0.2) is 54.5 Å². The van der Waals surface area contributed by atoms with Crippen LogP contribution in [0.4, 0.5) is 0 Å². The minimum atomic E-state index is -0.510. The van der Waals surface area contributed by atoms with Gasteiger partial charge in [-0.15, -0.1) is 0 Å². The van der Waals surface area contributed by atoms with Gasteiger partial charge in [-0.05, 0) is 43.2 Å². The van der Waals surface area contributed by atoms with E-state index in [2.05, 4.69) is 29.2 Å². The molecule has 0 spiro atoms. The third-order valence-electron chi connectivity index (χ3n) is 4.95. The molecule has 148 valence electrons. The van der Waals surface area contributed by atoms with Crippen molar-refractivity contribution in [2.45, 2.75) is 20.0 Å². The van der Waals surface area contributed by atoms with Crippen molar-refractivity contribution in [2.24, 2.45) is 0 Å². The van der Waals surface area contributed by atoms with E-state index in [-0.39, 0.29) is 5.91 Å². The Balaban J connectivity index is 1.46. The van der Waals surface area contributed by atoms with Crippen molar-refractivity contribution in [3.05, 3.63) is 70.8 Å². The van der Waals surface area contributed by atoms with Gasteiger partial charge >= 0.3 is 0 Å². The molecule has 3 rings (SSSR count). The van der Waals surface area contributed by atoms with Crippen LogP contribution in [0, 0.1) is 6.92 Å². The Morgan fingerprint density at radius 2 is 1.86 bits per heavy atom. The minimum absolute atomic E-state index is 0.0360. The molecule has 0 aromatic heterocycles. The summed E-state index contributed by atoms with van der Waals surface area (Å²) in [5, 5.41) is 0.668. The van der Waals surface area contributed by atoms with Crippen LogP contribution in [0.1, 0.15) is 18.1 Å². The zero-order chi connectivity index (χ0) is 19.9. The first-order chi connectivity index (χ1) is 13.5. The lowest BCUT2D eigenvalue weighted by Crippen LogP contribution is -2.51. The fraction of sp³-hybridized carbons (Fsp3) is 0.348. The normalized spacial score (nSPS) is 16.3. The second kappa shape index (κ2) is 9.76. The van der Waals surface area contributed by atoms with Gasteiger partial charge in [0.15, 0.2) is 6.10 Å². The molecule has 5 heteroatoms. The van der Waals surface area contributed by atoms with Crippen LogP contribution < -0.4 is 4.74 Å². The standard InChI is InChI=1S/C23H27ClN2O2/c1-18-17-21(24)10-11-22(18)28-19(2)23(27)26-15-13-25(14-16-26)12-6-9-20-7-4-3-5-8-20/h3-11,17,19H,12-16H2,1-2H3. The van der Waals surface area contributed by atoms with Crippen LogP contribution >= 0.6 is 11.6 Å². The van der Waals surface area contributed by atoms with Crippen LogP contribution in [0.3, 0.4) is 0 Å². The number of amides is 1. The second-order valence-electron chi connectivity index (χ2n) is 7.11. The molecule has 1 atom stereocenters. The molecule has 1 unspecified atom stereocenters. The number of hydrogen-bond donors (Lipinski definition) is 0. The minimum Gasteiger partial charge on any atom is -0.481 e. The summed E-state index contributed by atoms with van der Waals surface area (Å²) >= 11 is 5.98. The summed E-state index contributed by atoms with van der Waals surface area (Å²) in [6.07, 6.45) is 3.81. The number of rotatable bonds is 6. The predicted octanol–water partition coefficient (Wildman–Crippen LogP) is 4.27. The average Bonchev–Trinajstić information content (AvgIpc) is 2.71. The number of ether oxygens (including phenoxy) is 1. The number of carbonyl (C=O) groups excluding carboxylic acids is 1. The lowest BCUT2D eigenvalue weighted by Gasteiger charge is -2.35. The van der Waals surface area contributed by atoms with Gasteiger partial charge in [-0.25, -0.2) is 0 Å². The molecule has 28 heavy (non-hydrogen) atoms. The Labute approximate surface area is 172 Å². The Bertz CT molecular complexity index is 815. The maximum absolute atomic E-state index is 12.7. The number of piperazine rings is 1. The summed E-state index contributed by atoms with van der Waals surface area (Å²) in [5.41, 5.74) is 2.14. The van der Waals surface area contributed by atoms with Crippen molar-refractivity contribution < 1.29 is 9.53 Å². The van der Waals surface area contributed by atoms with Crippen molar-refractivity contribution in [3.63, 3.8) is 0 Å². The van der Waals surface area contributed by atoms with E-state index in [9.17, 15) is 4.79 Å². The second-order valence-corrected chi connectivity index (χ2v) is 7.55. The highest BCUT2D eigenvalue weighted by Gasteiger charge is 2.26. The molecule has 0 radical (unpaired) electrons. The molecule has 1 aliphatic rings. The number of nitrogens with zero attached hydrogens (tertiary/aromatic N) is 2. The molecule has 1 fully saturated rings. The van der Waals surface area contributed by atoms with E-state index in [1.165, 1.54) is 5.56 Å². The number of hydrogen-bond acceptors (Lipinski definition) is 3. The average molecular weight is 399 g/mol. The summed E-state index contributed by atoms with van der Waals surface area (Å²) in [5.74, 6) is 0.740. The van der Waals surface area contributed by atoms with Gasteiger partial charge in [-0.2, -0.15) is 0 Å². The zero-order valence-electron chi connectivity index (χ0n) is 16.5. The van der Waals surface area contributed by atoms with Gasteiger partial charge in [-0.1, -0.05) is 54.1 Å². The van der Waals surface area contributed by atoms with Gasteiger partial charge in [0.1, 0.15) is 5.75 Å². The quantitative estimate of drug-likeness (QED) is 0.728. The Hall–Kier alpha value is -2.30. The van der Waals surface area contributed by atoms with E-state index in [0.717, 1.165) is 38.3 Å². The van der Waals surface area contributed by atoms with Gasteiger partial charge in [0, 0.05) is 37.7 Å². The maximum atomic E-state index is 12.7. The van der Waals surface area contributed by atoms with Crippen molar-refractivity contribution in [3.8, 4) is 5.75 Å². The van der Waals surface area contributed by atoms with Crippen molar-refractivity contribution in [1.29, 1.82) is 0 Å². The Morgan fingerprint density at radius 1 is 1.14 bits per heavy atom. The fourth-order valence-corrected chi connectivity index (χ4v) is 3.52. The topological polar surface area (TPSA) is 32.8 Å². The summed E-state index contributed by atoms with van der Waals surface area (Å²) in [6.45, 7) is 7.84. The Morgan fingerprint density at radius 3 is 2.54 bits per heavy atom. The first-order valence-corrected chi connectivity index (χ1v) is 10.1. The monoisotopic (exact) mass is 398 g/mol. The van der Waals surface area contributed by atoms with E-state index >= 15 is 0 Å². The lowest BCUT2D eigenvalue weighted by molar-refractivity contribution is -0.139. The molecule has 1 amide bonds. The predicted molar refractivity (Wildman–Crippen MR) is 115 cm³/mol. The summed E-state index contributed by atoms with van der Waals surface area (Å²) < 4.78 is 5.88. The van der Waals surface area contributed by atoms with Crippen LogP contribution in [0.5, 0.6) is 5.75 Å². The van der Waals surface area contributed by atoms with Crippen molar-refractivity contribution >= 4 is 23.6 Å². The molecule has 2 aromatic rings. The van der Waals surface area contributed by atoms with E-state index in [1.807, 2.05) is 49.1 Å². The third kappa shape index (κ3) is 5.60. The molecule has 0 N–H and O–H groups in total. The number of halogens is 1. The number of benzene rings is 2. The first kappa shape index (κ1) is 20.4. The molecule has 0 aliphatic carbocycles. The zero-order valence-corrected chi connectivity index (χ0v) is 17.2. The molecular weight excluding hydrogens is 372 g/mol. The SMILES string of the molecule is Cc1cc(Cl)ccc1OC(C)C(=O)N1CCN(CC=Cc2ccccc2)CC1.